The van der Waals surface area contributed by atoms with Crippen molar-refractivity contribution in [2.75, 3.05) is 6.61 Å². The minimum atomic E-state index is -0.835. The number of esters is 1. The van der Waals surface area contributed by atoms with Crippen LogP contribution in [0.5, 0.6) is 0 Å². The van der Waals surface area contributed by atoms with Gasteiger partial charge in [0.15, 0.2) is 0 Å². The van der Waals surface area contributed by atoms with E-state index in [1.165, 1.54) is 6.07 Å². The third-order valence-corrected chi connectivity index (χ3v) is 4.15. The Labute approximate surface area is 134 Å². The summed E-state index contributed by atoms with van der Waals surface area (Å²) >= 11 is 0. The van der Waals surface area contributed by atoms with E-state index in [4.69, 9.17) is 4.74 Å². The normalized spacial score (nSPS) is 21.3. The average Bonchev–Trinajstić information content (AvgIpc) is 3.32. The van der Waals surface area contributed by atoms with Crippen LogP contribution < -0.4 is 5.32 Å². The maximum Gasteiger partial charge on any atom is 0.338 e. The van der Waals surface area contributed by atoms with Crippen LogP contribution in [-0.4, -0.2) is 29.5 Å². The number of nitrogens with one attached hydrogen (secondary N) is 1. The number of hydrogen-bond acceptors (Lipinski definition) is 3. The lowest BCUT2D eigenvalue weighted by Gasteiger charge is -2.35. The molecule has 1 aromatic rings. The van der Waals surface area contributed by atoms with Crippen LogP contribution in [-0.2, 0) is 9.53 Å². The Hall–Kier alpha value is -2.37. The molecule has 1 aliphatic carbocycles. The summed E-state index contributed by atoms with van der Waals surface area (Å²) in [6, 6.07) is 5.10. The number of hydrogen-bond donors (Lipinski definition) is 1. The third kappa shape index (κ3) is 2.81. The Morgan fingerprint density at radius 2 is 2.09 bits per heavy atom. The van der Waals surface area contributed by atoms with Gasteiger partial charge in [0.05, 0.1) is 18.2 Å². The van der Waals surface area contributed by atoms with Gasteiger partial charge in [-0.25, -0.2) is 14.0 Å². The molecular weight excluding hydrogens is 299 g/mol. The van der Waals surface area contributed by atoms with Gasteiger partial charge in [0.1, 0.15) is 5.82 Å². The fourth-order valence-electron chi connectivity index (χ4n) is 2.95. The predicted molar refractivity (Wildman–Crippen MR) is 81.9 cm³/mol. The lowest BCUT2D eigenvalue weighted by atomic mass is 9.94. The van der Waals surface area contributed by atoms with Crippen molar-refractivity contribution < 1.29 is 18.7 Å². The van der Waals surface area contributed by atoms with Gasteiger partial charge in [0, 0.05) is 17.3 Å². The van der Waals surface area contributed by atoms with Crippen molar-refractivity contribution in [1.29, 1.82) is 0 Å². The van der Waals surface area contributed by atoms with Crippen molar-refractivity contribution in [1.82, 2.24) is 10.2 Å². The molecule has 0 bridgehead atoms. The maximum absolute atomic E-state index is 14.2. The largest absolute Gasteiger partial charge is 0.463 e. The van der Waals surface area contributed by atoms with Crippen LogP contribution in [0.25, 0.3) is 0 Å². The molecule has 1 aromatic carbocycles. The predicted octanol–water partition coefficient (Wildman–Crippen LogP) is 2.89. The molecule has 1 saturated carbocycles. The van der Waals surface area contributed by atoms with Gasteiger partial charge < -0.3 is 10.1 Å². The number of urea groups is 1. The van der Waals surface area contributed by atoms with Gasteiger partial charge in [-0.2, -0.15) is 0 Å². The second-order valence-electron chi connectivity index (χ2n) is 5.72. The highest BCUT2D eigenvalue weighted by Crippen LogP contribution is 2.38. The number of benzene rings is 1. The van der Waals surface area contributed by atoms with E-state index in [1.54, 1.807) is 36.9 Å². The van der Waals surface area contributed by atoms with Gasteiger partial charge in [-0.05, 0) is 32.8 Å². The molecule has 1 heterocycles. The first-order valence-electron chi connectivity index (χ1n) is 7.76. The second-order valence-corrected chi connectivity index (χ2v) is 5.72. The van der Waals surface area contributed by atoms with Crippen LogP contribution in [0.1, 0.15) is 38.3 Å². The summed E-state index contributed by atoms with van der Waals surface area (Å²) in [5, 5.41) is 2.75. The lowest BCUT2D eigenvalue weighted by molar-refractivity contribution is -0.139. The molecule has 0 spiro atoms. The second kappa shape index (κ2) is 6.02. The molecule has 23 heavy (non-hydrogen) atoms. The fraction of sp³-hybridized carbons (Fsp3) is 0.412. The van der Waals surface area contributed by atoms with Crippen molar-refractivity contribution >= 4 is 12.0 Å². The van der Waals surface area contributed by atoms with E-state index >= 15 is 0 Å². The van der Waals surface area contributed by atoms with E-state index in [9.17, 15) is 14.0 Å². The molecule has 5 nitrogen and oxygen atoms in total. The summed E-state index contributed by atoms with van der Waals surface area (Å²) in [4.78, 5) is 26.4. The summed E-state index contributed by atoms with van der Waals surface area (Å²) in [6.07, 6.45) is 1.82. The van der Waals surface area contributed by atoms with Crippen LogP contribution in [0.15, 0.2) is 35.5 Å². The molecule has 2 aliphatic rings. The first kappa shape index (κ1) is 15.5. The van der Waals surface area contributed by atoms with Crippen LogP contribution >= 0.6 is 0 Å². The highest BCUT2D eigenvalue weighted by Gasteiger charge is 2.43. The number of amides is 2. The Morgan fingerprint density at radius 3 is 2.70 bits per heavy atom. The minimum absolute atomic E-state index is 0.112. The summed E-state index contributed by atoms with van der Waals surface area (Å²) in [7, 11) is 0. The molecule has 1 unspecified atom stereocenters. The van der Waals surface area contributed by atoms with Crippen molar-refractivity contribution in [3.05, 3.63) is 46.9 Å². The maximum atomic E-state index is 14.2. The zero-order chi connectivity index (χ0) is 16.6. The van der Waals surface area contributed by atoms with E-state index in [0.29, 0.717) is 11.3 Å². The Kier molecular flexibility index (Phi) is 4.07. The van der Waals surface area contributed by atoms with Crippen LogP contribution in [0.4, 0.5) is 9.18 Å². The highest BCUT2D eigenvalue weighted by atomic mass is 19.1. The molecule has 2 amide bonds. The van der Waals surface area contributed by atoms with Crippen LogP contribution in [0, 0.1) is 5.82 Å². The standard InChI is InChI=1S/C17H19FN2O3/c1-3-23-16(21)14-10(2)20(11-8-9-11)17(22)19-15(14)12-6-4-5-7-13(12)18/h4-7,11,15H,3,8-9H2,1-2H3,(H,19,22). The number of rotatable bonds is 4. The van der Waals surface area contributed by atoms with Gasteiger partial charge >= 0.3 is 12.0 Å². The van der Waals surface area contributed by atoms with Crippen molar-refractivity contribution in [3.63, 3.8) is 0 Å². The molecule has 122 valence electrons. The van der Waals surface area contributed by atoms with E-state index in [1.807, 2.05) is 0 Å². The number of carbonyl (C=O) groups is 2. The molecule has 0 radical (unpaired) electrons. The van der Waals surface area contributed by atoms with E-state index in [0.717, 1.165) is 12.8 Å². The number of allylic oxidation sites excluding steroid dienone is 1. The molecule has 3 rings (SSSR count). The Balaban J connectivity index is 2.08. The number of nitrogens with zero attached hydrogens (tertiary/aromatic N) is 1. The molecule has 1 atom stereocenters. The summed E-state index contributed by atoms with van der Waals surface area (Å²) in [6.45, 7) is 3.65. The molecular formula is C17H19FN2O3. The third-order valence-electron chi connectivity index (χ3n) is 4.15. The summed E-state index contributed by atoms with van der Waals surface area (Å²) < 4.78 is 19.3. The molecule has 1 aliphatic heterocycles. The van der Waals surface area contributed by atoms with Crippen LogP contribution in [0.2, 0.25) is 0 Å². The smallest absolute Gasteiger partial charge is 0.338 e. The first-order chi connectivity index (χ1) is 11.0. The van der Waals surface area contributed by atoms with E-state index in [2.05, 4.69) is 5.32 Å². The Bertz CT molecular complexity index is 682. The summed E-state index contributed by atoms with van der Waals surface area (Å²) in [5.74, 6) is -0.990. The quantitative estimate of drug-likeness (QED) is 0.869. The lowest BCUT2D eigenvalue weighted by Crippen LogP contribution is -2.49. The van der Waals surface area contributed by atoms with Gasteiger partial charge in [0.2, 0.25) is 0 Å². The van der Waals surface area contributed by atoms with Gasteiger partial charge in [0.25, 0.3) is 0 Å². The average molecular weight is 318 g/mol. The van der Waals surface area contributed by atoms with Crippen LogP contribution in [0.3, 0.4) is 0 Å². The van der Waals surface area contributed by atoms with Crippen molar-refractivity contribution in [3.8, 4) is 0 Å². The van der Waals surface area contributed by atoms with Gasteiger partial charge in [-0.3, -0.25) is 4.90 Å². The van der Waals surface area contributed by atoms with Crippen molar-refractivity contribution in [2.45, 2.75) is 38.8 Å². The minimum Gasteiger partial charge on any atom is -0.463 e. The number of halogens is 1. The summed E-state index contributed by atoms with van der Waals surface area (Å²) in [5.41, 5.74) is 1.10. The molecule has 0 aromatic heterocycles. The van der Waals surface area contributed by atoms with E-state index < -0.39 is 17.8 Å². The molecule has 0 saturated heterocycles. The van der Waals surface area contributed by atoms with Gasteiger partial charge in [-0.1, -0.05) is 18.2 Å². The SMILES string of the molecule is CCOC(=O)C1=C(C)N(C2CC2)C(=O)NC1c1ccccc1F. The number of carbonyl (C=O) groups excluding carboxylic acids is 2. The van der Waals surface area contributed by atoms with E-state index in [-0.39, 0.29) is 24.2 Å². The zero-order valence-corrected chi connectivity index (χ0v) is 13.1. The highest BCUT2D eigenvalue weighted by molar-refractivity contribution is 5.95. The Morgan fingerprint density at radius 1 is 1.39 bits per heavy atom. The monoisotopic (exact) mass is 318 g/mol. The first-order valence-corrected chi connectivity index (χ1v) is 7.76. The van der Waals surface area contributed by atoms with Crippen molar-refractivity contribution in [2.24, 2.45) is 0 Å². The zero-order valence-electron chi connectivity index (χ0n) is 13.1. The molecule has 1 N–H and O–H groups in total. The topological polar surface area (TPSA) is 58.6 Å². The number of ether oxygens (including phenoxy) is 1. The molecule has 1 fully saturated rings. The fourth-order valence-corrected chi connectivity index (χ4v) is 2.95. The van der Waals surface area contributed by atoms with Gasteiger partial charge in [-0.15, -0.1) is 0 Å². The molecule has 6 heteroatoms.